The van der Waals surface area contributed by atoms with Crippen LogP contribution in [0.3, 0.4) is 0 Å². The molecule has 6 heteroatoms. The highest BCUT2D eigenvalue weighted by Gasteiger charge is 2.42. The molecule has 1 unspecified atom stereocenters. The topological polar surface area (TPSA) is 90.5 Å². The predicted octanol–water partition coefficient (Wildman–Crippen LogP) is -0.807. The first-order chi connectivity index (χ1) is 7.53. The minimum atomic E-state index is -0.512. The van der Waals surface area contributed by atoms with E-state index in [1.807, 2.05) is 0 Å². The minimum Gasteiger partial charge on any atom is -0.396 e. The first-order valence-corrected chi connectivity index (χ1v) is 5.40. The molecule has 1 fully saturated rings. The largest absolute Gasteiger partial charge is 0.396 e. The Morgan fingerprint density at radius 2 is 2.06 bits per heavy atom. The Labute approximate surface area is 94.8 Å². The van der Waals surface area contributed by atoms with Gasteiger partial charge in [-0.2, -0.15) is 0 Å². The fourth-order valence-electron chi connectivity index (χ4n) is 1.31. The maximum Gasteiger partial charge on any atom is 0.321 e. The third-order valence-corrected chi connectivity index (χ3v) is 2.93. The lowest BCUT2D eigenvalue weighted by Gasteiger charge is -2.17. The molecular weight excluding hydrogens is 210 g/mol. The summed E-state index contributed by atoms with van der Waals surface area (Å²) in [6.07, 6.45) is 1.97. The first kappa shape index (κ1) is 12.9. The molecule has 1 saturated carbocycles. The smallest absolute Gasteiger partial charge is 0.321 e. The van der Waals surface area contributed by atoms with E-state index in [1.54, 1.807) is 6.92 Å². The molecule has 1 aliphatic carbocycles. The number of hydrogen-bond donors (Lipinski definition) is 4. The highest BCUT2D eigenvalue weighted by molar-refractivity contribution is 5.96. The fraction of sp³-hybridized carbons (Fsp3) is 0.800. The maximum atomic E-state index is 11.4. The van der Waals surface area contributed by atoms with E-state index < -0.39 is 12.1 Å². The third-order valence-electron chi connectivity index (χ3n) is 2.93. The summed E-state index contributed by atoms with van der Waals surface area (Å²) in [5.41, 5.74) is -0.0401. The molecule has 0 bridgehead atoms. The number of urea groups is 1. The number of imide groups is 1. The van der Waals surface area contributed by atoms with Gasteiger partial charge in [0, 0.05) is 25.6 Å². The summed E-state index contributed by atoms with van der Waals surface area (Å²) in [7, 11) is 1.45. The Morgan fingerprint density at radius 3 is 2.50 bits per heavy atom. The average Bonchev–Trinajstić information content (AvgIpc) is 3.06. The zero-order valence-corrected chi connectivity index (χ0v) is 9.67. The van der Waals surface area contributed by atoms with Crippen LogP contribution in [0.1, 0.15) is 19.8 Å². The molecule has 4 N–H and O–H groups in total. The minimum absolute atomic E-state index is 0.0401. The Balaban J connectivity index is 2.26. The van der Waals surface area contributed by atoms with Gasteiger partial charge in [0.2, 0.25) is 5.91 Å². The van der Waals surface area contributed by atoms with Crippen LogP contribution in [0.25, 0.3) is 0 Å². The summed E-state index contributed by atoms with van der Waals surface area (Å²) in [6, 6.07) is -0.955. The third kappa shape index (κ3) is 3.46. The van der Waals surface area contributed by atoms with Crippen molar-refractivity contribution in [3.8, 4) is 0 Å². The van der Waals surface area contributed by atoms with Gasteiger partial charge >= 0.3 is 6.03 Å². The Morgan fingerprint density at radius 1 is 1.44 bits per heavy atom. The molecule has 92 valence electrons. The van der Waals surface area contributed by atoms with Crippen molar-refractivity contribution in [2.45, 2.75) is 25.8 Å². The van der Waals surface area contributed by atoms with E-state index in [9.17, 15) is 9.59 Å². The molecule has 0 aromatic heterocycles. The van der Waals surface area contributed by atoms with Crippen LogP contribution in [-0.4, -0.2) is 43.3 Å². The van der Waals surface area contributed by atoms with E-state index in [0.29, 0.717) is 6.54 Å². The van der Waals surface area contributed by atoms with Crippen LogP contribution in [0.4, 0.5) is 4.79 Å². The van der Waals surface area contributed by atoms with Gasteiger partial charge in [0.25, 0.3) is 0 Å². The second-order valence-corrected chi connectivity index (χ2v) is 4.33. The van der Waals surface area contributed by atoms with E-state index in [4.69, 9.17) is 5.11 Å². The molecule has 0 spiro atoms. The van der Waals surface area contributed by atoms with Gasteiger partial charge < -0.3 is 15.7 Å². The summed E-state index contributed by atoms with van der Waals surface area (Å²) in [5.74, 6) is -0.368. The van der Waals surface area contributed by atoms with Gasteiger partial charge in [-0.3, -0.25) is 10.1 Å². The summed E-state index contributed by atoms with van der Waals surface area (Å²) in [5, 5.41) is 16.6. The predicted molar refractivity (Wildman–Crippen MR) is 58.8 cm³/mol. The van der Waals surface area contributed by atoms with Crippen LogP contribution in [0, 0.1) is 5.41 Å². The number of carbonyl (C=O) groups excluding carboxylic acids is 2. The fourth-order valence-corrected chi connectivity index (χ4v) is 1.31. The molecule has 16 heavy (non-hydrogen) atoms. The number of amides is 3. The van der Waals surface area contributed by atoms with E-state index in [-0.39, 0.29) is 17.9 Å². The number of nitrogens with one attached hydrogen (secondary N) is 3. The summed E-state index contributed by atoms with van der Waals surface area (Å²) >= 11 is 0. The second-order valence-electron chi connectivity index (χ2n) is 4.33. The number of aliphatic hydroxyl groups is 1. The summed E-state index contributed by atoms with van der Waals surface area (Å²) in [6.45, 7) is 2.43. The van der Waals surface area contributed by atoms with Crippen molar-refractivity contribution >= 4 is 11.9 Å². The average molecular weight is 229 g/mol. The highest BCUT2D eigenvalue weighted by Crippen LogP contribution is 2.44. The zero-order valence-electron chi connectivity index (χ0n) is 9.67. The quantitative estimate of drug-likeness (QED) is 0.496. The molecule has 0 aromatic carbocycles. The van der Waals surface area contributed by atoms with E-state index in [0.717, 1.165) is 12.8 Å². The SMILES string of the molecule is CNC(=O)NC(=O)C(C)NCC1(CO)CC1. The number of carbonyl (C=O) groups is 2. The molecular formula is C10H19N3O3. The molecule has 1 atom stereocenters. The van der Waals surface area contributed by atoms with Gasteiger partial charge in [-0.25, -0.2) is 4.79 Å². The monoisotopic (exact) mass is 229 g/mol. The van der Waals surface area contributed by atoms with Crippen molar-refractivity contribution in [3.63, 3.8) is 0 Å². The molecule has 6 nitrogen and oxygen atoms in total. The van der Waals surface area contributed by atoms with Crippen molar-refractivity contribution < 1.29 is 14.7 Å². The molecule has 3 amide bonds. The van der Waals surface area contributed by atoms with E-state index in [1.165, 1.54) is 7.05 Å². The lowest BCUT2D eigenvalue weighted by Crippen LogP contribution is -2.48. The molecule has 1 rings (SSSR count). The molecule has 0 radical (unpaired) electrons. The normalized spacial score (nSPS) is 18.7. The lowest BCUT2D eigenvalue weighted by atomic mass is 10.1. The van der Waals surface area contributed by atoms with Gasteiger partial charge in [0.15, 0.2) is 0 Å². The van der Waals surface area contributed by atoms with Crippen LogP contribution in [0.2, 0.25) is 0 Å². The van der Waals surface area contributed by atoms with Crippen molar-refractivity contribution in [1.82, 2.24) is 16.0 Å². The van der Waals surface area contributed by atoms with Crippen molar-refractivity contribution in [2.24, 2.45) is 5.41 Å². The second kappa shape index (κ2) is 5.27. The van der Waals surface area contributed by atoms with Gasteiger partial charge in [0.1, 0.15) is 0 Å². The highest BCUT2D eigenvalue weighted by atomic mass is 16.3. The molecule has 0 saturated heterocycles. The van der Waals surface area contributed by atoms with Crippen LogP contribution >= 0.6 is 0 Å². The summed E-state index contributed by atoms with van der Waals surface area (Å²) in [4.78, 5) is 22.3. The molecule has 0 aromatic rings. The van der Waals surface area contributed by atoms with Crippen molar-refractivity contribution in [1.29, 1.82) is 0 Å². The molecule has 0 heterocycles. The standard InChI is InChI=1S/C10H19N3O3/c1-7(8(15)13-9(16)11-2)12-5-10(6-14)3-4-10/h7,12,14H,3-6H2,1-2H3,(H2,11,13,15,16). The Bertz CT molecular complexity index is 276. The van der Waals surface area contributed by atoms with Crippen LogP contribution in [0.5, 0.6) is 0 Å². The molecule has 1 aliphatic rings. The Kier molecular flexibility index (Phi) is 4.26. The van der Waals surface area contributed by atoms with Gasteiger partial charge in [-0.05, 0) is 19.8 Å². The van der Waals surface area contributed by atoms with Crippen LogP contribution < -0.4 is 16.0 Å². The van der Waals surface area contributed by atoms with Crippen LogP contribution in [-0.2, 0) is 4.79 Å². The van der Waals surface area contributed by atoms with Gasteiger partial charge in [-0.1, -0.05) is 0 Å². The number of hydrogen-bond acceptors (Lipinski definition) is 4. The number of rotatable bonds is 5. The van der Waals surface area contributed by atoms with E-state index in [2.05, 4.69) is 16.0 Å². The van der Waals surface area contributed by atoms with E-state index >= 15 is 0 Å². The van der Waals surface area contributed by atoms with Crippen LogP contribution in [0.15, 0.2) is 0 Å². The van der Waals surface area contributed by atoms with Crippen molar-refractivity contribution in [2.75, 3.05) is 20.2 Å². The lowest BCUT2D eigenvalue weighted by molar-refractivity contribution is -0.121. The Hall–Kier alpha value is -1.14. The maximum absolute atomic E-state index is 11.4. The van der Waals surface area contributed by atoms with Crippen molar-refractivity contribution in [3.05, 3.63) is 0 Å². The molecule has 0 aliphatic heterocycles. The van der Waals surface area contributed by atoms with Gasteiger partial charge in [0.05, 0.1) is 6.04 Å². The first-order valence-electron chi connectivity index (χ1n) is 5.40. The number of aliphatic hydroxyl groups excluding tert-OH is 1. The zero-order chi connectivity index (χ0) is 12.2. The van der Waals surface area contributed by atoms with Gasteiger partial charge in [-0.15, -0.1) is 0 Å². The summed E-state index contributed by atoms with van der Waals surface area (Å²) < 4.78 is 0.